The van der Waals surface area contributed by atoms with Crippen LogP contribution >= 0.6 is 0 Å². The van der Waals surface area contributed by atoms with Gasteiger partial charge in [-0.25, -0.2) is 0 Å². The highest BCUT2D eigenvalue weighted by molar-refractivity contribution is 4.87. The van der Waals surface area contributed by atoms with Gasteiger partial charge in [-0.2, -0.15) is 0 Å². The van der Waals surface area contributed by atoms with E-state index in [9.17, 15) is 4.39 Å². The van der Waals surface area contributed by atoms with Gasteiger partial charge in [-0.1, -0.05) is 19.1 Å². The minimum Gasteiger partial charge on any atom is -0.330 e. The fourth-order valence-electron chi connectivity index (χ4n) is 1.20. The molecule has 0 aliphatic rings. The minimum atomic E-state index is -0.260. The van der Waals surface area contributed by atoms with E-state index in [0.717, 1.165) is 0 Å². The predicted molar refractivity (Wildman–Crippen MR) is 47.1 cm³/mol. The van der Waals surface area contributed by atoms with Gasteiger partial charge in [0.2, 0.25) is 0 Å². The molecule has 2 N–H and O–H groups in total. The van der Waals surface area contributed by atoms with Crippen LogP contribution in [-0.2, 0) is 0 Å². The minimum absolute atomic E-state index is 0.260. The Balaban J connectivity index is 3.80. The Bertz CT molecular complexity index is 112. The molecule has 0 aromatic heterocycles. The molecule has 0 aromatic rings. The zero-order valence-corrected chi connectivity index (χ0v) is 7.39. The van der Waals surface area contributed by atoms with Crippen molar-refractivity contribution >= 4 is 0 Å². The number of alkyl halides is 1. The van der Waals surface area contributed by atoms with Crippen molar-refractivity contribution in [1.29, 1.82) is 0 Å². The highest BCUT2D eigenvalue weighted by Crippen LogP contribution is 2.15. The van der Waals surface area contributed by atoms with E-state index in [1.54, 1.807) is 0 Å². The lowest BCUT2D eigenvalue weighted by Crippen LogP contribution is -2.20. The van der Waals surface area contributed by atoms with Crippen LogP contribution < -0.4 is 5.73 Å². The van der Waals surface area contributed by atoms with Gasteiger partial charge < -0.3 is 5.73 Å². The van der Waals surface area contributed by atoms with Crippen molar-refractivity contribution in [3.8, 4) is 0 Å². The molecule has 0 fully saturated rings. The van der Waals surface area contributed by atoms with Crippen molar-refractivity contribution in [3.05, 3.63) is 12.2 Å². The van der Waals surface area contributed by atoms with Crippen molar-refractivity contribution in [2.45, 2.75) is 20.3 Å². The van der Waals surface area contributed by atoms with Gasteiger partial charge >= 0.3 is 0 Å². The van der Waals surface area contributed by atoms with E-state index in [1.165, 1.54) is 0 Å². The summed E-state index contributed by atoms with van der Waals surface area (Å²) in [5, 5.41) is 0. The van der Waals surface area contributed by atoms with Crippen molar-refractivity contribution in [2.75, 3.05) is 13.2 Å². The van der Waals surface area contributed by atoms with Gasteiger partial charge in [-0.15, -0.1) is 0 Å². The summed E-state index contributed by atoms with van der Waals surface area (Å²) < 4.78 is 12.0. The standard InChI is InChI=1S/C9H18FN/c1-3-4-8(2)9(7-11)5-6-10/h3-4,8-9H,5-7,11H2,1-2H3/b4-3-/t8-,9?/m0/s1. The molecule has 1 nitrogen and oxygen atoms in total. The van der Waals surface area contributed by atoms with Crippen LogP contribution in [0.15, 0.2) is 12.2 Å². The summed E-state index contributed by atoms with van der Waals surface area (Å²) >= 11 is 0. The van der Waals surface area contributed by atoms with Crippen molar-refractivity contribution < 1.29 is 4.39 Å². The first kappa shape index (κ1) is 10.6. The molecule has 0 radical (unpaired) electrons. The van der Waals surface area contributed by atoms with E-state index >= 15 is 0 Å². The molecule has 11 heavy (non-hydrogen) atoms. The Morgan fingerprint density at radius 3 is 2.55 bits per heavy atom. The molecule has 2 heteroatoms. The number of halogens is 1. The Labute approximate surface area is 68.5 Å². The van der Waals surface area contributed by atoms with Crippen LogP contribution in [-0.4, -0.2) is 13.2 Å². The first-order valence-electron chi connectivity index (χ1n) is 4.15. The molecule has 0 amide bonds. The zero-order valence-electron chi connectivity index (χ0n) is 7.39. The number of hydrogen-bond donors (Lipinski definition) is 1. The van der Waals surface area contributed by atoms with Gasteiger partial charge in [0, 0.05) is 0 Å². The van der Waals surface area contributed by atoms with Gasteiger partial charge in [0.1, 0.15) is 0 Å². The van der Waals surface area contributed by atoms with Crippen molar-refractivity contribution in [3.63, 3.8) is 0 Å². The van der Waals surface area contributed by atoms with E-state index in [0.29, 0.717) is 24.8 Å². The largest absolute Gasteiger partial charge is 0.330 e. The molecule has 66 valence electrons. The van der Waals surface area contributed by atoms with E-state index < -0.39 is 0 Å². The fraction of sp³-hybridized carbons (Fsp3) is 0.778. The monoisotopic (exact) mass is 159 g/mol. The van der Waals surface area contributed by atoms with E-state index in [2.05, 4.69) is 13.0 Å². The zero-order chi connectivity index (χ0) is 8.69. The summed E-state index contributed by atoms with van der Waals surface area (Å²) in [6, 6.07) is 0. The number of rotatable bonds is 5. The first-order chi connectivity index (χ1) is 5.26. The number of nitrogens with two attached hydrogens (primary N) is 1. The Morgan fingerprint density at radius 2 is 2.18 bits per heavy atom. The predicted octanol–water partition coefficient (Wildman–Crippen LogP) is 2.13. The molecule has 0 aromatic carbocycles. The van der Waals surface area contributed by atoms with E-state index in [-0.39, 0.29) is 6.67 Å². The van der Waals surface area contributed by atoms with Crippen LogP contribution in [0.25, 0.3) is 0 Å². The van der Waals surface area contributed by atoms with Gasteiger partial charge in [-0.3, -0.25) is 4.39 Å². The Morgan fingerprint density at radius 1 is 1.55 bits per heavy atom. The quantitative estimate of drug-likeness (QED) is 0.611. The Hall–Kier alpha value is -0.370. The average Bonchev–Trinajstić information content (AvgIpc) is 2.00. The first-order valence-corrected chi connectivity index (χ1v) is 4.15. The summed E-state index contributed by atoms with van der Waals surface area (Å²) in [6.07, 6.45) is 4.65. The summed E-state index contributed by atoms with van der Waals surface area (Å²) in [7, 11) is 0. The fourth-order valence-corrected chi connectivity index (χ4v) is 1.20. The number of hydrogen-bond acceptors (Lipinski definition) is 1. The molecule has 0 saturated carbocycles. The molecule has 0 rings (SSSR count). The van der Waals surface area contributed by atoms with Crippen LogP contribution in [0.3, 0.4) is 0 Å². The normalized spacial score (nSPS) is 17.1. The van der Waals surface area contributed by atoms with Gasteiger partial charge in [0.15, 0.2) is 0 Å². The van der Waals surface area contributed by atoms with Crippen LogP contribution in [0.2, 0.25) is 0 Å². The number of allylic oxidation sites excluding steroid dienone is 2. The molecule has 0 heterocycles. The molecule has 1 unspecified atom stereocenters. The van der Waals surface area contributed by atoms with Crippen LogP contribution in [0.5, 0.6) is 0 Å². The molecular formula is C9H18FN. The van der Waals surface area contributed by atoms with Crippen LogP contribution in [0.4, 0.5) is 4.39 Å². The second-order valence-corrected chi connectivity index (χ2v) is 2.86. The third-order valence-corrected chi connectivity index (χ3v) is 2.02. The SMILES string of the molecule is C/C=C\[C@H](C)C(CN)CCF. The maximum Gasteiger partial charge on any atom is 0.0897 e. The maximum atomic E-state index is 12.0. The highest BCUT2D eigenvalue weighted by Gasteiger charge is 2.11. The molecule has 0 spiro atoms. The van der Waals surface area contributed by atoms with Crippen molar-refractivity contribution in [2.24, 2.45) is 17.6 Å². The summed E-state index contributed by atoms with van der Waals surface area (Å²) in [4.78, 5) is 0. The summed E-state index contributed by atoms with van der Waals surface area (Å²) in [6.45, 7) is 4.37. The smallest absolute Gasteiger partial charge is 0.0897 e. The lowest BCUT2D eigenvalue weighted by Gasteiger charge is -2.17. The second-order valence-electron chi connectivity index (χ2n) is 2.86. The van der Waals surface area contributed by atoms with Crippen LogP contribution in [0.1, 0.15) is 20.3 Å². The maximum absolute atomic E-state index is 12.0. The summed E-state index contributed by atoms with van der Waals surface area (Å²) in [5.41, 5.74) is 5.49. The third kappa shape index (κ3) is 4.14. The lowest BCUT2D eigenvalue weighted by atomic mass is 9.91. The van der Waals surface area contributed by atoms with Crippen LogP contribution in [0, 0.1) is 11.8 Å². The molecule has 0 aliphatic heterocycles. The topological polar surface area (TPSA) is 26.0 Å². The Kier molecular flexibility index (Phi) is 6.13. The van der Waals surface area contributed by atoms with E-state index in [1.807, 2.05) is 13.0 Å². The van der Waals surface area contributed by atoms with Crippen molar-refractivity contribution in [1.82, 2.24) is 0 Å². The molecule has 2 atom stereocenters. The second kappa shape index (κ2) is 6.35. The summed E-state index contributed by atoms with van der Waals surface area (Å²) in [5.74, 6) is 0.706. The lowest BCUT2D eigenvalue weighted by molar-refractivity contribution is 0.341. The molecular weight excluding hydrogens is 141 g/mol. The average molecular weight is 159 g/mol. The van der Waals surface area contributed by atoms with Gasteiger partial charge in [0.25, 0.3) is 0 Å². The highest BCUT2D eigenvalue weighted by atomic mass is 19.1. The van der Waals surface area contributed by atoms with E-state index in [4.69, 9.17) is 5.73 Å². The molecule has 0 bridgehead atoms. The van der Waals surface area contributed by atoms with Gasteiger partial charge in [0.05, 0.1) is 6.67 Å². The molecule has 0 saturated heterocycles. The third-order valence-electron chi connectivity index (χ3n) is 2.02. The van der Waals surface area contributed by atoms with Gasteiger partial charge in [-0.05, 0) is 31.7 Å². The molecule has 0 aliphatic carbocycles.